The minimum atomic E-state index is -0.391. The van der Waals surface area contributed by atoms with Crippen molar-refractivity contribution in [2.45, 2.75) is 6.54 Å². The van der Waals surface area contributed by atoms with E-state index in [9.17, 15) is 9.59 Å². The number of nitrogens with zero attached hydrogens (tertiary/aromatic N) is 1. The van der Waals surface area contributed by atoms with Crippen LogP contribution in [0.5, 0.6) is 11.5 Å². The highest BCUT2D eigenvalue weighted by Gasteiger charge is 2.15. The van der Waals surface area contributed by atoms with Crippen LogP contribution in [0.1, 0.15) is 16.1 Å². The second-order valence-corrected chi connectivity index (χ2v) is 5.28. The first-order chi connectivity index (χ1) is 12.2. The number of H-pyrrole nitrogens is 1. The number of methoxy groups -OCH3 is 2. The van der Waals surface area contributed by atoms with E-state index in [4.69, 9.17) is 9.47 Å². The molecule has 2 N–H and O–H groups in total. The smallest absolute Gasteiger partial charge is 0.272 e. The van der Waals surface area contributed by atoms with Crippen LogP contribution in [0.2, 0.25) is 0 Å². The first-order valence-corrected chi connectivity index (χ1v) is 7.61. The number of amides is 1. The van der Waals surface area contributed by atoms with E-state index in [1.54, 1.807) is 44.6 Å². The first-order valence-electron chi connectivity index (χ1n) is 7.61. The molecule has 0 aliphatic rings. The van der Waals surface area contributed by atoms with Gasteiger partial charge in [0.2, 0.25) is 0 Å². The molecule has 0 aliphatic carbocycles. The summed E-state index contributed by atoms with van der Waals surface area (Å²) >= 11 is 0. The fourth-order valence-corrected chi connectivity index (χ4v) is 2.64. The van der Waals surface area contributed by atoms with Crippen LogP contribution in [0.15, 0.2) is 47.3 Å². The molecule has 1 heterocycles. The highest BCUT2D eigenvalue weighted by molar-refractivity contribution is 6.04. The number of ether oxygens (including phenoxy) is 2. The van der Waals surface area contributed by atoms with E-state index in [1.807, 2.05) is 12.1 Å². The minimum absolute atomic E-state index is 0.164. The Morgan fingerprint density at radius 3 is 2.56 bits per heavy atom. The minimum Gasteiger partial charge on any atom is -0.493 e. The van der Waals surface area contributed by atoms with E-state index >= 15 is 0 Å². The molecule has 1 aromatic heterocycles. The van der Waals surface area contributed by atoms with Crippen LogP contribution in [-0.2, 0) is 6.54 Å². The normalized spacial score (nSPS) is 10.5. The summed E-state index contributed by atoms with van der Waals surface area (Å²) in [7, 11) is 3.09. The van der Waals surface area contributed by atoms with Crippen LogP contribution in [0, 0.1) is 0 Å². The van der Waals surface area contributed by atoms with E-state index in [2.05, 4.69) is 15.5 Å². The lowest BCUT2D eigenvalue weighted by Gasteiger charge is -2.13. The Bertz CT molecular complexity index is 981. The zero-order valence-corrected chi connectivity index (χ0v) is 13.8. The van der Waals surface area contributed by atoms with Crippen molar-refractivity contribution in [2.75, 3.05) is 14.2 Å². The van der Waals surface area contributed by atoms with Crippen molar-refractivity contribution in [1.82, 2.24) is 15.5 Å². The number of carbonyl (C=O) groups is 1. The zero-order chi connectivity index (χ0) is 17.8. The zero-order valence-electron chi connectivity index (χ0n) is 13.8. The molecule has 0 saturated heterocycles. The van der Waals surface area contributed by atoms with Gasteiger partial charge in [-0.15, -0.1) is 0 Å². The third-order valence-corrected chi connectivity index (χ3v) is 3.84. The number of aromatic amines is 1. The van der Waals surface area contributed by atoms with Gasteiger partial charge in [-0.25, -0.2) is 5.10 Å². The standard InChI is InChI=1S/C18H17N3O4/c1-24-14-9-5-6-11(16(14)25-2)10-19-18(23)15-12-7-3-4-8-13(12)17(22)21-20-15/h3-9H,10H2,1-2H3,(H,19,23)(H,21,22). The summed E-state index contributed by atoms with van der Waals surface area (Å²) in [4.78, 5) is 24.3. The van der Waals surface area contributed by atoms with Gasteiger partial charge in [-0.2, -0.15) is 5.10 Å². The molecule has 1 amide bonds. The number of para-hydroxylation sites is 1. The maximum Gasteiger partial charge on any atom is 0.272 e. The number of hydrogen-bond donors (Lipinski definition) is 2. The lowest BCUT2D eigenvalue weighted by atomic mass is 10.1. The molecule has 0 fully saturated rings. The molecular weight excluding hydrogens is 322 g/mol. The van der Waals surface area contributed by atoms with Crippen LogP contribution in [0.25, 0.3) is 10.8 Å². The molecule has 7 heteroatoms. The predicted octanol–water partition coefficient (Wildman–Crippen LogP) is 1.87. The molecule has 3 rings (SSSR count). The highest BCUT2D eigenvalue weighted by Crippen LogP contribution is 2.30. The summed E-state index contributed by atoms with van der Waals surface area (Å²) in [6.45, 7) is 0.230. The molecule has 7 nitrogen and oxygen atoms in total. The Hall–Kier alpha value is -3.35. The van der Waals surface area contributed by atoms with Gasteiger partial charge < -0.3 is 14.8 Å². The molecule has 128 valence electrons. The maximum absolute atomic E-state index is 12.5. The third-order valence-electron chi connectivity index (χ3n) is 3.84. The molecule has 0 aliphatic heterocycles. The van der Waals surface area contributed by atoms with Crippen molar-refractivity contribution in [1.29, 1.82) is 0 Å². The van der Waals surface area contributed by atoms with Crippen molar-refractivity contribution in [2.24, 2.45) is 0 Å². The summed E-state index contributed by atoms with van der Waals surface area (Å²) in [5, 5.41) is 9.95. The summed E-state index contributed by atoms with van der Waals surface area (Å²) in [6.07, 6.45) is 0. The van der Waals surface area contributed by atoms with Crippen molar-refractivity contribution < 1.29 is 14.3 Å². The van der Waals surface area contributed by atoms with Gasteiger partial charge in [-0.3, -0.25) is 9.59 Å². The van der Waals surface area contributed by atoms with Crippen LogP contribution < -0.4 is 20.3 Å². The molecule has 0 bridgehead atoms. The summed E-state index contributed by atoms with van der Waals surface area (Å²) < 4.78 is 10.6. The average molecular weight is 339 g/mol. The topological polar surface area (TPSA) is 93.3 Å². The molecule has 0 unspecified atom stereocenters. The Kier molecular flexibility index (Phi) is 4.65. The number of fused-ring (bicyclic) bond motifs is 1. The fourth-order valence-electron chi connectivity index (χ4n) is 2.64. The lowest BCUT2D eigenvalue weighted by molar-refractivity contribution is 0.0946. The van der Waals surface area contributed by atoms with Crippen molar-refractivity contribution in [3.8, 4) is 11.5 Å². The predicted molar refractivity (Wildman–Crippen MR) is 93.1 cm³/mol. The average Bonchev–Trinajstić information content (AvgIpc) is 2.66. The van der Waals surface area contributed by atoms with Gasteiger partial charge in [0.05, 0.1) is 19.6 Å². The molecular formula is C18H17N3O4. The van der Waals surface area contributed by atoms with Gasteiger partial charge in [0, 0.05) is 17.5 Å². The number of benzene rings is 2. The van der Waals surface area contributed by atoms with Crippen LogP contribution in [0.3, 0.4) is 0 Å². The quantitative estimate of drug-likeness (QED) is 0.740. The van der Waals surface area contributed by atoms with Gasteiger partial charge in [-0.1, -0.05) is 30.3 Å². The van der Waals surface area contributed by atoms with Gasteiger partial charge >= 0.3 is 0 Å². The molecule has 25 heavy (non-hydrogen) atoms. The Labute approximate surface area is 143 Å². The highest BCUT2D eigenvalue weighted by atomic mass is 16.5. The summed E-state index contributed by atoms with van der Waals surface area (Å²) in [6, 6.07) is 12.3. The van der Waals surface area contributed by atoms with Crippen molar-refractivity contribution in [3.05, 3.63) is 64.1 Å². The Balaban J connectivity index is 1.88. The summed E-state index contributed by atoms with van der Waals surface area (Å²) in [5.41, 5.74) is 0.600. The molecule has 2 aromatic carbocycles. The Morgan fingerprint density at radius 2 is 1.84 bits per heavy atom. The van der Waals surface area contributed by atoms with E-state index < -0.39 is 5.91 Å². The molecule has 0 radical (unpaired) electrons. The maximum atomic E-state index is 12.5. The monoisotopic (exact) mass is 339 g/mol. The van der Waals surface area contributed by atoms with Crippen molar-refractivity contribution in [3.63, 3.8) is 0 Å². The van der Waals surface area contributed by atoms with Crippen LogP contribution in [0.4, 0.5) is 0 Å². The molecule has 0 saturated carbocycles. The van der Waals surface area contributed by atoms with E-state index in [0.717, 1.165) is 5.56 Å². The van der Waals surface area contributed by atoms with Crippen molar-refractivity contribution >= 4 is 16.7 Å². The number of aromatic nitrogens is 2. The number of carbonyl (C=O) groups excluding carboxylic acids is 1. The van der Waals surface area contributed by atoms with Gasteiger partial charge in [0.15, 0.2) is 17.2 Å². The van der Waals surface area contributed by atoms with Gasteiger partial charge in [0.1, 0.15) is 0 Å². The third kappa shape index (κ3) is 3.16. The number of hydrogen-bond acceptors (Lipinski definition) is 5. The molecule has 3 aromatic rings. The molecule has 0 spiro atoms. The van der Waals surface area contributed by atoms with E-state index in [0.29, 0.717) is 22.3 Å². The van der Waals surface area contributed by atoms with Crippen LogP contribution >= 0.6 is 0 Å². The SMILES string of the molecule is COc1cccc(CNC(=O)c2n[nH]c(=O)c3ccccc23)c1OC. The second kappa shape index (κ2) is 7.04. The second-order valence-electron chi connectivity index (χ2n) is 5.28. The van der Waals surface area contributed by atoms with E-state index in [1.165, 1.54) is 0 Å². The van der Waals surface area contributed by atoms with Gasteiger partial charge in [-0.05, 0) is 12.1 Å². The fraction of sp³-hybridized carbons (Fsp3) is 0.167. The largest absolute Gasteiger partial charge is 0.493 e. The number of rotatable bonds is 5. The van der Waals surface area contributed by atoms with Gasteiger partial charge in [0.25, 0.3) is 11.5 Å². The van der Waals surface area contributed by atoms with E-state index in [-0.39, 0.29) is 17.8 Å². The number of nitrogens with one attached hydrogen (secondary N) is 2. The Morgan fingerprint density at radius 1 is 1.08 bits per heavy atom. The molecule has 0 atom stereocenters. The lowest BCUT2D eigenvalue weighted by Crippen LogP contribution is -2.26. The van der Waals surface area contributed by atoms with Crippen LogP contribution in [-0.4, -0.2) is 30.3 Å². The first kappa shape index (κ1) is 16.5. The summed E-state index contributed by atoms with van der Waals surface area (Å²) in [5.74, 6) is 0.753.